The van der Waals surface area contributed by atoms with Crippen molar-refractivity contribution in [3.63, 3.8) is 0 Å². The molecule has 23 heavy (non-hydrogen) atoms. The quantitative estimate of drug-likeness (QED) is 0.781. The van der Waals surface area contributed by atoms with Crippen molar-refractivity contribution >= 4 is 17.2 Å². The lowest BCUT2D eigenvalue weighted by molar-refractivity contribution is 0.628. The number of fused-ring (bicyclic) bond motifs is 1. The van der Waals surface area contributed by atoms with Crippen molar-refractivity contribution in [2.75, 3.05) is 0 Å². The zero-order valence-corrected chi connectivity index (χ0v) is 13.1. The first-order valence-corrected chi connectivity index (χ1v) is 7.31. The first-order chi connectivity index (χ1) is 10.9. The third kappa shape index (κ3) is 2.39. The maximum absolute atomic E-state index is 13.4. The number of rotatable bonds is 2. The largest absolute Gasteiger partial charge is 0.338 e. The van der Waals surface area contributed by atoms with Crippen molar-refractivity contribution in [2.45, 2.75) is 19.8 Å². The second kappa shape index (κ2) is 5.52. The third-order valence-electron chi connectivity index (χ3n) is 3.61. The molecule has 0 saturated carbocycles. The van der Waals surface area contributed by atoms with Crippen molar-refractivity contribution in [3.05, 3.63) is 56.7 Å². The highest BCUT2D eigenvalue weighted by Crippen LogP contribution is 2.29. The molecule has 1 aromatic carbocycles. The summed E-state index contributed by atoms with van der Waals surface area (Å²) >= 11 is 5.85. The van der Waals surface area contributed by atoms with Gasteiger partial charge in [-0.1, -0.05) is 25.4 Å². The van der Waals surface area contributed by atoms with Crippen LogP contribution >= 0.6 is 11.6 Å². The van der Waals surface area contributed by atoms with E-state index < -0.39 is 5.82 Å². The summed E-state index contributed by atoms with van der Waals surface area (Å²) in [6, 6.07) is 6.22. The minimum absolute atomic E-state index is 0.0352. The number of halogens is 2. The molecule has 3 aromatic rings. The number of benzene rings is 1. The Hall–Kier alpha value is -2.65. The Kier molecular flexibility index (Phi) is 3.66. The molecule has 0 bridgehead atoms. The summed E-state index contributed by atoms with van der Waals surface area (Å²) in [6.45, 7) is 3.75. The Morgan fingerprint density at radius 2 is 2.17 bits per heavy atom. The van der Waals surface area contributed by atoms with Gasteiger partial charge in [-0.2, -0.15) is 14.9 Å². The van der Waals surface area contributed by atoms with Crippen LogP contribution in [-0.4, -0.2) is 14.6 Å². The number of hydrogen-bond acceptors (Lipinski definition) is 3. The average Bonchev–Trinajstić information content (AvgIpc) is 2.92. The van der Waals surface area contributed by atoms with Crippen LogP contribution in [0.2, 0.25) is 5.02 Å². The lowest BCUT2D eigenvalue weighted by Crippen LogP contribution is -2.22. The van der Waals surface area contributed by atoms with E-state index in [0.717, 1.165) is 0 Å². The van der Waals surface area contributed by atoms with Crippen LogP contribution in [0.1, 0.15) is 30.9 Å². The lowest BCUT2D eigenvalue weighted by atomic mass is 9.98. The van der Waals surface area contributed by atoms with Crippen molar-refractivity contribution in [2.24, 2.45) is 0 Å². The van der Waals surface area contributed by atoms with Crippen LogP contribution in [0.3, 0.4) is 0 Å². The molecule has 0 aliphatic heterocycles. The summed E-state index contributed by atoms with van der Waals surface area (Å²) in [5.41, 5.74) is 1.82. The van der Waals surface area contributed by atoms with Crippen molar-refractivity contribution in [1.82, 2.24) is 14.6 Å². The van der Waals surface area contributed by atoms with Gasteiger partial charge in [0.1, 0.15) is 17.4 Å². The Morgan fingerprint density at radius 3 is 2.78 bits per heavy atom. The summed E-state index contributed by atoms with van der Waals surface area (Å²) in [5, 5.41) is 13.1. The number of nitrogens with one attached hydrogen (secondary N) is 1. The molecule has 0 spiro atoms. The van der Waals surface area contributed by atoms with E-state index in [1.807, 2.05) is 19.9 Å². The Balaban J connectivity index is 2.42. The van der Waals surface area contributed by atoms with Crippen LogP contribution < -0.4 is 5.56 Å². The molecule has 0 aliphatic carbocycles. The van der Waals surface area contributed by atoms with Crippen LogP contribution in [0.5, 0.6) is 0 Å². The number of nitrogens with zero attached hydrogens (tertiary/aromatic N) is 3. The molecular weight excluding hydrogens is 319 g/mol. The highest BCUT2D eigenvalue weighted by atomic mass is 35.5. The second-order valence-electron chi connectivity index (χ2n) is 5.43. The van der Waals surface area contributed by atoms with Crippen molar-refractivity contribution in [3.8, 4) is 17.3 Å². The molecular formula is C16H12ClFN4O. The highest BCUT2D eigenvalue weighted by molar-refractivity contribution is 6.31. The highest BCUT2D eigenvalue weighted by Gasteiger charge is 2.19. The van der Waals surface area contributed by atoms with E-state index in [4.69, 9.17) is 16.9 Å². The van der Waals surface area contributed by atoms with Gasteiger partial charge in [0.15, 0.2) is 5.65 Å². The van der Waals surface area contributed by atoms with E-state index in [9.17, 15) is 9.18 Å². The van der Waals surface area contributed by atoms with E-state index >= 15 is 0 Å². The maximum atomic E-state index is 13.4. The van der Waals surface area contributed by atoms with Gasteiger partial charge in [-0.25, -0.2) is 4.39 Å². The molecule has 0 amide bonds. The van der Waals surface area contributed by atoms with Gasteiger partial charge in [-0.15, -0.1) is 0 Å². The molecule has 0 unspecified atom stereocenters. The van der Waals surface area contributed by atoms with E-state index in [2.05, 4.69) is 10.1 Å². The number of hydrogen-bond donors (Lipinski definition) is 1. The standard InChI is InChI=1S/C16H12ClFN4O/c1-8(2)13-14(9-3-4-12(18)11(17)5-9)21-15-10(6-19)7-20-22(15)16(13)23/h3-5,7-8,21H,1-2H3. The Morgan fingerprint density at radius 1 is 1.43 bits per heavy atom. The molecule has 2 aromatic heterocycles. The second-order valence-corrected chi connectivity index (χ2v) is 5.84. The predicted molar refractivity (Wildman–Crippen MR) is 85.0 cm³/mol. The van der Waals surface area contributed by atoms with Crippen molar-refractivity contribution < 1.29 is 4.39 Å². The predicted octanol–water partition coefficient (Wildman–Crippen LogP) is 3.48. The Bertz CT molecular complexity index is 1010. The summed E-state index contributed by atoms with van der Waals surface area (Å²) in [4.78, 5) is 15.8. The average molecular weight is 331 g/mol. The molecule has 2 heterocycles. The monoisotopic (exact) mass is 330 g/mol. The number of aromatic amines is 1. The topological polar surface area (TPSA) is 73.9 Å². The van der Waals surface area contributed by atoms with Crippen molar-refractivity contribution in [1.29, 1.82) is 5.26 Å². The molecule has 0 fully saturated rings. The number of aromatic nitrogens is 3. The molecule has 0 saturated heterocycles. The zero-order valence-electron chi connectivity index (χ0n) is 12.4. The molecule has 7 heteroatoms. The van der Waals surface area contributed by atoms with E-state index in [1.165, 1.54) is 28.9 Å². The fourth-order valence-corrected chi connectivity index (χ4v) is 2.71. The van der Waals surface area contributed by atoms with Gasteiger partial charge in [0, 0.05) is 11.1 Å². The summed E-state index contributed by atoms with van der Waals surface area (Å²) in [5.74, 6) is -0.635. The molecule has 0 atom stereocenters. The lowest BCUT2D eigenvalue weighted by Gasteiger charge is -2.13. The van der Waals surface area contributed by atoms with Crippen LogP contribution in [0.4, 0.5) is 4.39 Å². The normalized spacial score (nSPS) is 11.1. The van der Waals surface area contributed by atoms with Gasteiger partial charge in [0.2, 0.25) is 0 Å². The first-order valence-electron chi connectivity index (χ1n) is 6.93. The number of nitriles is 1. The zero-order chi connectivity index (χ0) is 16.7. The minimum atomic E-state index is -0.535. The van der Waals surface area contributed by atoms with E-state index in [-0.39, 0.29) is 22.1 Å². The minimum Gasteiger partial charge on any atom is -0.338 e. The molecule has 3 rings (SSSR count). The van der Waals surface area contributed by atoms with Gasteiger partial charge < -0.3 is 4.98 Å². The van der Waals surface area contributed by atoms with Crippen LogP contribution in [0.25, 0.3) is 16.9 Å². The Labute approximate surface area is 135 Å². The molecule has 1 N–H and O–H groups in total. The van der Waals surface area contributed by atoms with Crippen LogP contribution in [0, 0.1) is 17.1 Å². The van der Waals surface area contributed by atoms with Gasteiger partial charge in [0.05, 0.1) is 16.9 Å². The fourth-order valence-electron chi connectivity index (χ4n) is 2.53. The van der Waals surface area contributed by atoms with Gasteiger partial charge >= 0.3 is 0 Å². The van der Waals surface area contributed by atoms with Gasteiger partial charge in [0.25, 0.3) is 5.56 Å². The fraction of sp³-hybridized carbons (Fsp3) is 0.188. The SMILES string of the molecule is CC(C)c1c(-c2ccc(F)c(Cl)c2)[nH]c2c(C#N)cnn2c1=O. The third-order valence-corrected chi connectivity index (χ3v) is 3.90. The molecule has 0 aliphatic rings. The smallest absolute Gasteiger partial charge is 0.278 e. The number of H-pyrrole nitrogens is 1. The van der Waals surface area contributed by atoms with Gasteiger partial charge in [-0.3, -0.25) is 4.79 Å². The molecule has 0 radical (unpaired) electrons. The van der Waals surface area contributed by atoms with Crippen LogP contribution in [0.15, 0.2) is 29.2 Å². The van der Waals surface area contributed by atoms with E-state index in [0.29, 0.717) is 22.5 Å². The summed E-state index contributed by atoms with van der Waals surface area (Å²) in [7, 11) is 0. The van der Waals surface area contributed by atoms with Crippen LogP contribution in [-0.2, 0) is 0 Å². The first kappa shape index (κ1) is 15.3. The molecule has 116 valence electrons. The molecule has 5 nitrogen and oxygen atoms in total. The van der Waals surface area contributed by atoms with E-state index in [1.54, 1.807) is 0 Å². The summed E-state index contributed by atoms with van der Waals surface area (Å²) in [6.07, 6.45) is 1.33. The maximum Gasteiger partial charge on any atom is 0.278 e. The summed E-state index contributed by atoms with van der Waals surface area (Å²) < 4.78 is 14.6. The van der Waals surface area contributed by atoms with Gasteiger partial charge in [-0.05, 0) is 24.1 Å².